The predicted molar refractivity (Wildman–Crippen MR) is 89.6 cm³/mol. The average Bonchev–Trinajstić information content (AvgIpc) is 2.74. The van der Waals surface area contributed by atoms with Gasteiger partial charge in [0.2, 0.25) is 0 Å². The van der Waals surface area contributed by atoms with Gasteiger partial charge in [0.05, 0.1) is 0 Å². The zero-order valence-electron chi connectivity index (χ0n) is 13.6. The SMILES string of the molecule is CNC1c2ccccc2CCCC1N(C)C1CCCCC1. The zero-order chi connectivity index (χ0) is 14.7. The van der Waals surface area contributed by atoms with Gasteiger partial charge in [-0.25, -0.2) is 0 Å². The minimum atomic E-state index is 0.482. The molecular formula is C19H30N2. The van der Waals surface area contributed by atoms with Crippen molar-refractivity contribution in [1.29, 1.82) is 0 Å². The van der Waals surface area contributed by atoms with Crippen molar-refractivity contribution in [3.63, 3.8) is 0 Å². The van der Waals surface area contributed by atoms with E-state index in [1.165, 1.54) is 56.9 Å². The van der Waals surface area contributed by atoms with E-state index in [-0.39, 0.29) is 0 Å². The summed E-state index contributed by atoms with van der Waals surface area (Å²) in [6.45, 7) is 0. The monoisotopic (exact) mass is 286 g/mol. The number of fused-ring (bicyclic) bond motifs is 1. The summed E-state index contributed by atoms with van der Waals surface area (Å²) in [6, 6.07) is 11.0. The minimum Gasteiger partial charge on any atom is -0.312 e. The summed E-state index contributed by atoms with van der Waals surface area (Å²) in [5.74, 6) is 0. The molecule has 0 heterocycles. The molecule has 0 bridgehead atoms. The Morgan fingerprint density at radius 3 is 2.52 bits per heavy atom. The van der Waals surface area contributed by atoms with Gasteiger partial charge in [0.15, 0.2) is 0 Å². The molecule has 0 aliphatic heterocycles. The van der Waals surface area contributed by atoms with Crippen LogP contribution in [0.5, 0.6) is 0 Å². The van der Waals surface area contributed by atoms with Gasteiger partial charge < -0.3 is 5.32 Å². The number of nitrogens with one attached hydrogen (secondary N) is 1. The van der Waals surface area contributed by atoms with Crippen molar-refractivity contribution in [3.05, 3.63) is 35.4 Å². The quantitative estimate of drug-likeness (QED) is 0.847. The van der Waals surface area contributed by atoms with Crippen LogP contribution >= 0.6 is 0 Å². The number of rotatable bonds is 3. The van der Waals surface area contributed by atoms with Crippen molar-refractivity contribution in [1.82, 2.24) is 10.2 Å². The highest BCUT2D eigenvalue weighted by molar-refractivity contribution is 5.32. The Balaban J connectivity index is 1.83. The molecule has 2 atom stereocenters. The number of hydrogen-bond donors (Lipinski definition) is 1. The lowest BCUT2D eigenvalue weighted by atomic mass is 9.90. The van der Waals surface area contributed by atoms with Crippen LogP contribution in [0.4, 0.5) is 0 Å². The highest BCUT2D eigenvalue weighted by atomic mass is 15.2. The summed E-state index contributed by atoms with van der Waals surface area (Å²) in [4.78, 5) is 2.71. The van der Waals surface area contributed by atoms with Crippen LogP contribution in [0.25, 0.3) is 0 Å². The van der Waals surface area contributed by atoms with Gasteiger partial charge in [0.25, 0.3) is 0 Å². The maximum atomic E-state index is 3.63. The van der Waals surface area contributed by atoms with Crippen molar-refractivity contribution in [2.24, 2.45) is 0 Å². The molecular weight excluding hydrogens is 256 g/mol. The fourth-order valence-corrected chi connectivity index (χ4v) is 4.49. The van der Waals surface area contributed by atoms with Gasteiger partial charge in [-0.15, -0.1) is 0 Å². The lowest BCUT2D eigenvalue weighted by Crippen LogP contribution is -2.47. The third kappa shape index (κ3) is 3.17. The Morgan fingerprint density at radius 2 is 1.76 bits per heavy atom. The van der Waals surface area contributed by atoms with E-state index in [1.807, 2.05) is 0 Å². The topological polar surface area (TPSA) is 15.3 Å². The predicted octanol–water partition coefficient (Wildman–Crippen LogP) is 3.92. The second kappa shape index (κ2) is 6.93. The van der Waals surface area contributed by atoms with E-state index in [9.17, 15) is 0 Å². The van der Waals surface area contributed by atoms with E-state index in [0.717, 1.165) is 6.04 Å². The van der Waals surface area contributed by atoms with Crippen LogP contribution in [0.1, 0.15) is 62.1 Å². The van der Waals surface area contributed by atoms with Crippen molar-refractivity contribution < 1.29 is 0 Å². The fourth-order valence-electron chi connectivity index (χ4n) is 4.49. The molecule has 2 heteroatoms. The molecule has 2 nitrogen and oxygen atoms in total. The molecule has 2 aliphatic carbocycles. The van der Waals surface area contributed by atoms with Crippen molar-refractivity contribution >= 4 is 0 Å². The highest BCUT2D eigenvalue weighted by Crippen LogP contribution is 2.34. The second-order valence-corrected chi connectivity index (χ2v) is 6.88. The Bertz CT molecular complexity index is 451. The van der Waals surface area contributed by atoms with E-state index in [4.69, 9.17) is 0 Å². The Hall–Kier alpha value is -0.860. The van der Waals surface area contributed by atoms with E-state index in [2.05, 4.69) is 48.6 Å². The average molecular weight is 286 g/mol. The molecule has 0 spiro atoms. The fraction of sp³-hybridized carbons (Fsp3) is 0.684. The molecule has 21 heavy (non-hydrogen) atoms. The maximum Gasteiger partial charge on any atom is 0.0478 e. The van der Waals surface area contributed by atoms with Crippen LogP contribution in [0.2, 0.25) is 0 Å². The smallest absolute Gasteiger partial charge is 0.0478 e. The highest BCUT2D eigenvalue weighted by Gasteiger charge is 2.32. The van der Waals surface area contributed by atoms with Crippen LogP contribution in [0.3, 0.4) is 0 Å². The molecule has 1 saturated carbocycles. The summed E-state index contributed by atoms with van der Waals surface area (Å²) in [5.41, 5.74) is 3.08. The molecule has 0 saturated heterocycles. The van der Waals surface area contributed by atoms with Crippen LogP contribution in [0, 0.1) is 0 Å². The number of likely N-dealkylation sites (N-methyl/N-ethyl adjacent to an activating group) is 2. The van der Waals surface area contributed by atoms with Crippen LogP contribution in [0.15, 0.2) is 24.3 Å². The van der Waals surface area contributed by atoms with E-state index in [0.29, 0.717) is 12.1 Å². The second-order valence-electron chi connectivity index (χ2n) is 6.88. The molecule has 2 unspecified atom stereocenters. The van der Waals surface area contributed by atoms with Gasteiger partial charge in [-0.3, -0.25) is 4.90 Å². The molecule has 0 radical (unpaired) electrons. The Kier molecular flexibility index (Phi) is 4.97. The third-order valence-corrected chi connectivity index (χ3v) is 5.71. The molecule has 0 aromatic heterocycles. The van der Waals surface area contributed by atoms with Gasteiger partial charge in [0, 0.05) is 18.1 Å². The standard InChI is InChI=1S/C19H30N2/c1-20-19-17-13-7-6-9-15(17)10-8-14-18(19)21(2)16-11-4-3-5-12-16/h6-7,9,13,16,18-20H,3-5,8,10-12,14H2,1-2H3. The molecule has 3 rings (SSSR count). The van der Waals surface area contributed by atoms with Crippen molar-refractivity contribution in [2.75, 3.05) is 14.1 Å². The lowest BCUT2D eigenvalue weighted by molar-refractivity contribution is 0.106. The summed E-state index contributed by atoms with van der Waals surface area (Å²) in [5, 5.41) is 3.63. The third-order valence-electron chi connectivity index (χ3n) is 5.71. The summed E-state index contributed by atoms with van der Waals surface area (Å²) in [6.07, 6.45) is 10.9. The summed E-state index contributed by atoms with van der Waals surface area (Å²) < 4.78 is 0. The largest absolute Gasteiger partial charge is 0.312 e. The molecule has 116 valence electrons. The maximum absolute atomic E-state index is 3.63. The van der Waals surface area contributed by atoms with E-state index >= 15 is 0 Å². The van der Waals surface area contributed by atoms with E-state index < -0.39 is 0 Å². The van der Waals surface area contributed by atoms with Gasteiger partial charge in [-0.05, 0) is 57.3 Å². The van der Waals surface area contributed by atoms with E-state index in [1.54, 1.807) is 5.56 Å². The first-order valence-corrected chi connectivity index (χ1v) is 8.78. The van der Waals surface area contributed by atoms with Crippen molar-refractivity contribution in [2.45, 2.75) is 69.5 Å². The number of aryl methyl sites for hydroxylation is 1. The van der Waals surface area contributed by atoms with Crippen LogP contribution in [-0.4, -0.2) is 31.1 Å². The minimum absolute atomic E-state index is 0.482. The lowest BCUT2D eigenvalue weighted by Gasteiger charge is -2.40. The summed E-state index contributed by atoms with van der Waals surface area (Å²) >= 11 is 0. The van der Waals surface area contributed by atoms with Gasteiger partial charge in [0.1, 0.15) is 0 Å². The van der Waals surface area contributed by atoms with Gasteiger partial charge in [-0.2, -0.15) is 0 Å². The van der Waals surface area contributed by atoms with Crippen LogP contribution in [-0.2, 0) is 6.42 Å². The zero-order valence-corrected chi connectivity index (χ0v) is 13.6. The van der Waals surface area contributed by atoms with Gasteiger partial charge >= 0.3 is 0 Å². The molecule has 1 aromatic carbocycles. The first-order valence-electron chi connectivity index (χ1n) is 8.78. The first-order chi connectivity index (χ1) is 10.3. The Morgan fingerprint density at radius 1 is 1.00 bits per heavy atom. The van der Waals surface area contributed by atoms with Crippen LogP contribution < -0.4 is 5.32 Å². The number of benzene rings is 1. The molecule has 0 amide bonds. The molecule has 1 aromatic rings. The van der Waals surface area contributed by atoms with Crippen molar-refractivity contribution in [3.8, 4) is 0 Å². The van der Waals surface area contributed by atoms with Gasteiger partial charge in [-0.1, -0.05) is 43.5 Å². The number of hydrogen-bond acceptors (Lipinski definition) is 2. The first kappa shape index (κ1) is 15.1. The molecule has 1 fully saturated rings. The molecule has 2 aliphatic rings. The Labute approximate surface area is 129 Å². The number of nitrogens with zero attached hydrogens (tertiary/aromatic N) is 1. The normalized spacial score (nSPS) is 27.4. The summed E-state index contributed by atoms with van der Waals surface area (Å²) in [7, 11) is 4.51. The molecule has 1 N–H and O–H groups in total.